The number of carbonyl (C=O) groups is 1. The molecule has 0 atom stereocenters. The Kier molecular flexibility index (Phi) is 6.59. The van der Waals surface area contributed by atoms with E-state index in [1.807, 2.05) is 6.92 Å². The number of hydrogen-bond donors (Lipinski definition) is 1. The first kappa shape index (κ1) is 20.5. The number of nitrogens with one attached hydrogen (secondary N) is 1. The van der Waals surface area contributed by atoms with Gasteiger partial charge in [-0.3, -0.25) is 9.59 Å². The van der Waals surface area contributed by atoms with Crippen LogP contribution < -0.4 is 15.6 Å². The number of amides is 1. The molecule has 0 aliphatic rings. The van der Waals surface area contributed by atoms with Crippen molar-refractivity contribution < 1.29 is 22.7 Å². The molecule has 0 spiro atoms. The average Bonchev–Trinajstić information content (AvgIpc) is 2.61. The first-order chi connectivity index (χ1) is 12.8. The second-order valence-electron chi connectivity index (χ2n) is 5.73. The van der Waals surface area contributed by atoms with Crippen molar-refractivity contribution in [1.29, 1.82) is 0 Å². The van der Waals surface area contributed by atoms with Gasteiger partial charge in [0.05, 0.1) is 17.9 Å². The van der Waals surface area contributed by atoms with Gasteiger partial charge in [0, 0.05) is 12.6 Å². The average molecular weight is 383 g/mol. The Bertz CT molecular complexity index is 863. The number of alkyl halides is 3. The number of rotatable bonds is 7. The van der Waals surface area contributed by atoms with Crippen LogP contribution >= 0.6 is 0 Å². The quantitative estimate of drug-likeness (QED) is 0.791. The lowest BCUT2D eigenvalue weighted by Gasteiger charge is -2.14. The minimum absolute atomic E-state index is 0.0782. The second-order valence-corrected chi connectivity index (χ2v) is 5.73. The number of hydrogen-bond acceptors (Lipinski definition) is 4. The number of benzene rings is 1. The molecule has 1 amide bonds. The van der Waals surface area contributed by atoms with E-state index in [1.54, 1.807) is 6.92 Å². The number of unbranched alkanes of at least 4 members (excludes halogenated alkanes) is 1. The zero-order valence-electron chi connectivity index (χ0n) is 15.0. The molecule has 2 rings (SSSR count). The van der Waals surface area contributed by atoms with E-state index in [1.165, 1.54) is 12.1 Å². The van der Waals surface area contributed by atoms with E-state index in [4.69, 9.17) is 4.74 Å². The summed E-state index contributed by atoms with van der Waals surface area (Å²) in [6.07, 6.45) is -3.01. The standard InChI is InChI=1S/C18H20F3N3O3/c1-3-5-10-24-16(25)9-7-13(23-24)17(26)22-14-11-12(18(19,20)21)6-8-15(14)27-4-2/h6-9,11H,3-5,10H2,1-2H3,(H,22,26). The van der Waals surface area contributed by atoms with Crippen LogP contribution in [0.15, 0.2) is 35.1 Å². The van der Waals surface area contributed by atoms with Crippen molar-refractivity contribution in [2.45, 2.75) is 39.4 Å². The van der Waals surface area contributed by atoms with E-state index >= 15 is 0 Å². The number of carbonyl (C=O) groups excluding carboxylic acids is 1. The maximum atomic E-state index is 13.0. The van der Waals surface area contributed by atoms with Gasteiger partial charge in [-0.05, 0) is 37.6 Å². The van der Waals surface area contributed by atoms with E-state index < -0.39 is 17.6 Å². The van der Waals surface area contributed by atoms with Gasteiger partial charge < -0.3 is 10.1 Å². The number of aromatic nitrogens is 2. The predicted molar refractivity (Wildman–Crippen MR) is 94.0 cm³/mol. The molecule has 0 unspecified atom stereocenters. The van der Waals surface area contributed by atoms with Crippen molar-refractivity contribution in [3.63, 3.8) is 0 Å². The molecule has 2 aromatic rings. The number of halogens is 3. The Hall–Kier alpha value is -2.84. The van der Waals surface area contributed by atoms with Crippen molar-refractivity contribution in [1.82, 2.24) is 9.78 Å². The molecule has 9 heteroatoms. The lowest BCUT2D eigenvalue weighted by Crippen LogP contribution is -2.26. The highest BCUT2D eigenvalue weighted by atomic mass is 19.4. The Morgan fingerprint density at radius 1 is 1.22 bits per heavy atom. The van der Waals surface area contributed by atoms with Crippen molar-refractivity contribution >= 4 is 11.6 Å². The first-order valence-corrected chi connectivity index (χ1v) is 8.49. The summed E-state index contributed by atoms with van der Waals surface area (Å²) in [6, 6.07) is 5.26. The summed E-state index contributed by atoms with van der Waals surface area (Å²) in [6.45, 7) is 4.19. The minimum atomic E-state index is -4.56. The normalized spacial score (nSPS) is 11.3. The van der Waals surface area contributed by atoms with Crippen LogP contribution in [0.1, 0.15) is 42.7 Å². The Morgan fingerprint density at radius 2 is 1.96 bits per heavy atom. The molecule has 146 valence electrons. The van der Waals surface area contributed by atoms with E-state index in [2.05, 4.69) is 10.4 Å². The molecule has 1 heterocycles. The lowest BCUT2D eigenvalue weighted by atomic mass is 10.1. The number of anilines is 1. The second kappa shape index (κ2) is 8.70. The molecular formula is C18H20F3N3O3. The largest absolute Gasteiger partial charge is 0.492 e. The van der Waals surface area contributed by atoms with Gasteiger partial charge >= 0.3 is 6.18 Å². The van der Waals surface area contributed by atoms with Gasteiger partial charge in [0.25, 0.3) is 11.5 Å². The lowest BCUT2D eigenvalue weighted by molar-refractivity contribution is -0.137. The Balaban J connectivity index is 2.32. The summed E-state index contributed by atoms with van der Waals surface area (Å²) in [4.78, 5) is 24.2. The first-order valence-electron chi connectivity index (χ1n) is 8.49. The molecule has 1 N–H and O–H groups in total. The van der Waals surface area contributed by atoms with Gasteiger partial charge in [0.1, 0.15) is 11.4 Å². The smallest absolute Gasteiger partial charge is 0.416 e. The third-order valence-corrected chi connectivity index (χ3v) is 3.68. The monoisotopic (exact) mass is 383 g/mol. The molecule has 0 aliphatic heterocycles. The number of nitrogens with zero attached hydrogens (tertiary/aromatic N) is 2. The van der Waals surface area contributed by atoms with Gasteiger partial charge in [-0.25, -0.2) is 4.68 Å². The predicted octanol–water partition coefficient (Wildman–Crippen LogP) is 3.71. The van der Waals surface area contributed by atoms with Gasteiger partial charge in [-0.1, -0.05) is 13.3 Å². The Labute approximate surface area is 154 Å². The van der Waals surface area contributed by atoms with Gasteiger partial charge in [-0.2, -0.15) is 18.3 Å². The molecule has 0 saturated carbocycles. The topological polar surface area (TPSA) is 73.2 Å². The van der Waals surface area contributed by atoms with Crippen molar-refractivity contribution in [3.8, 4) is 5.75 Å². The van der Waals surface area contributed by atoms with Crippen LogP contribution in [0, 0.1) is 0 Å². The van der Waals surface area contributed by atoms with Crippen LogP contribution in [0.2, 0.25) is 0 Å². The molecule has 0 saturated heterocycles. The van der Waals surface area contributed by atoms with Crippen molar-refractivity contribution in [3.05, 3.63) is 51.9 Å². The molecule has 0 radical (unpaired) electrons. The number of ether oxygens (including phenoxy) is 1. The van der Waals surface area contributed by atoms with Crippen LogP contribution in [0.3, 0.4) is 0 Å². The summed E-state index contributed by atoms with van der Waals surface area (Å²) in [5, 5.41) is 6.37. The van der Waals surface area contributed by atoms with Gasteiger partial charge in [0.15, 0.2) is 0 Å². The van der Waals surface area contributed by atoms with Crippen LogP contribution in [0.5, 0.6) is 5.75 Å². The minimum Gasteiger partial charge on any atom is -0.492 e. The van der Waals surface area contributed by atoms with Gasteiger partial charge in [-0.15, -0.1) is 0 Å². The number of aryl methyl sites for hydroxylation is 1. The maximum Gasteiger partial charge on any atom is 0.416 e. The van der Waals surface area contributed by atoms with Crippen molar-refractivity contribution in [2.24, 2.45) is 0 Å². The summed E-state index contributed by atoms with van der Waals surface area (Å²) in [5.74, 6) is -0.626. The molecule has 27 heavy (non-hydrogen) atoms. The van der Waals surface area contributed by atoms with Gasteiger partial charge in [0.2, 0.25) is 0 Å². The fraction of sp³-hybridized carbons (Fsp3) is 0.389. The fourth-order valence-electron chi connectivity index (χ4n) is 2.31. The van der Waals surface area contributed by atoms with E-state index in [0.29, 0.717) is 13.0 Å². The summed E-state index contributed by atoms with van der Waals surface area (Å²) in [7, 11) is 0. The van der Waals surface area contributed by atoms with Crippen LogP contribution in [-0.2, 0) is 12.7 Å². The SMILES string of the molecule is CCCCn1nc(C(=O)Nc2cc(C(F)(F)F)ccc2OCC)ccc1=O. The molecule has 6 nitrogen and oxygen atoms in total. The van der Waals surface area contributed by atoms with E-state index in [9.17, 15) is 22.8 Å². The molecule has 1 aromatic heterocycles. The maximum absolute atomic E-state index is 13.0. The summed E-state index contributed by atoms with van der Waals surface area (Å²) < 4.78 is 45.3. The Morgan fingerprint density at radius 3 is 2.59 bits per heavy atom. The molecule has 0 fully saturated rings. The third-order valence-electron chi connectivity index (χ3n) is 3.68. The summed E-state index contributed by atoms with van der Waals surface area (Å²) in [5.41, 5.74) is -1.47. The van der Waals surface area contributed by atoms with Crippen LogP contribution in [-0.4, -0.2) is 22.3 Å². The molecule has 0 bridgehead atoms. The van der Waals surface area contributed by atoms with Crippen molar-refractivity contribution in [2.75, 3.05) is 11.9 Å². The summed E-state index contributed by atoms with van der Waals surface area (Å²) >= 11 is 0. The van der Waals surface area contributed by atoms with E-state index in [-0.39, 0.29) is 29.3 Å². The highest BCUT2D eigenvalue weighted by Crippen LogP contribution is 2.35. The molecular weight excluding hydrogens is 363 g/mol. The third kappa shape index (κ3) is 5.32. The zero-order valence-corrected chi connectivity index (χ0v) is 15.0. The van der Waals surface area contributed by atoms with Crippen LogP contribution in [0.25, 0.3) is 0 Å². The fourth-order valence-corrected chi connectivity index (χ4v) is 2.31. The highest BCUT2D eigenvalue weighted by molar-refractivity contribution is 6.03. The molecule has 0 aliphatic carbocycles. The zero-order chi connectivity index (χ0) is 20.0. The van der Waals surface area contributed by atoms with Crippen LogP contribution in [0.4, 0.5) is 18.9 Å². The van der Waals surface area contributed by atoms with E-state index in [0.717, 1.165) is 29.3 Å². The molecule has 1 aromatic carbocycles. The highest BCUT2D eigenvalue weighted by Gasteiger charge is 2.31.